The zero-order valence-corrected chi connectivity index (χ0v) is 16.7. The van der Waals surface area contributed by atoms with Crippen molar-refractivity contribution in [3.05, 3.63) is 36.5 Å². The van der Waals surface area contributed by atoms with Crippen molar-refractivity contribution >= 4 is 5.97 Å². The molecule has 0 bridgehead atoms. The van der Waals surface area contributed by atoms with Gasteiger partial charge in [0.1, 0.15) is 12.7 Å². The second-order valence-electron chi connectivity index (χ2n) is 6.42. The van der Waals surface area contributed by atoms with E-state index in [0.29, 0.717) is 6.42 Å². The molecule has 0 aliphatic carbocycles. The molecule has 0 aliphatic rings. The van der Waals surface area contributed by atoms with Gasteiger partial charge in [0.25, 0.3) is 0 Å². The Kier molecular flexibility index (Phi) is 18.9. The number of esters is 1. The third kappa shape index (κ3) is 18.9. The summed E-state index contributed by atoms with van der Waals surface area (Å²) < 4.78 is 9.74. The third-order valence-electron chi connectivity index (χ3n) is 3.82. The summed E-state index contributed by atoms with van der Waals surface area (Å²) in [5.41, 5.74) is 0. The fourth-order valence-corrected chi connectivity index (χ4v) is 2.32. The van der Waals surface area contributed by atoms with E-state index in [1.165, 1.54) is 32.8 Å². The summed E-state index contributed by atoms with van der Waals surface area (Å²) in [6, 6.07) is 0. The van der Waals surface area contributed by atoms with Crippen LogP contribution >= 0.6 is 0 Å². The van der Waals surface area contributed by atoms with Gasteiger partial charge in [0.05, 0.1) is 6.61 Å². The van der Waals surface area contributed by atoms with Crippen LogP contribution in [-0.2, 0) is 14.3 Å². The first-order chi connectivity index (χ1) is 12.7. The summed E-state index contributed by atoms with van der Waals surface area (Å²) in [6.07, 6.45) is 22.7. The third-order valence-corrected chi connectivity index (χ3v) is 3.82. The van der Waals surface area contributed by atoms with Gasteiger partial charge in [-0.25, -0.2) is 0 Å². The van der Waals surface area contributed by atoms with Crippen LogP contribution < -0.4 is 0 Å². The minimum Gasteiger partial charge on any atom is -0.463 e. The van der Waals surface area contributed by atoms with Crippen LogP contribution in [0.3, 0.4) is 0 Å². The summed E-state index contributed by atoms with van der Waals surface area (Å²) in [5.74, 6) is -0.255. The molecule has 0 spiro atoms. The molecule has 0 fully saturated rings. The molecule has 0 saturated carbocycles. The lowest BCUT2D eigenvalue weighted by Gasteiger charge is -2.09. The van der Waals surface area contributed by atoms with Gasteiger partial charge in [-0.05, 0) is 44.9 Å². The van der Waals surface area contributed by atoms with E-state index in [2.05, 4.69) is 43.4 Å². The molecule has 4 heteroatoms. The number of unbranched alkanes of at least 4 members (excludes halogenated alkanes) is 5. The molecule has 150 valence electrons. The molecule has 0 rings (SSSR count). The van der Waals surface area contributed by atoms with Crippen molar-refractivity contribution in [2.24, 2.45) is 0 Å². The molecule has 1 unspecified atom stereocenters. The Labute approximate surface area is 160 Å². The zero-order chi connectivity index (χ0) is 19.3. The maximum absolute atomic E-state index is 11.5. The first-order valence-corrected chi connectivity index (χ1v) is 9.98. The van der Waals surface area contributed by atoms with E-state index in [1.54, 1.807) is 0 Å². The number of methoxy groups -OCH3 is 1. The fraction of sp³-hybridized carbons (Fsp3) is 0.682. The standard InChI is InChI=1S/C22H38O4/c1-3-4-5-6-7-8-9-10-11-12-13-14-15-16-17-18-22(24)26-20-21(23)19-25-2/h7-8,10-11,13-14,21,23H,3-6,9,12,15-20H2,1-2H3/b8-7-,11-10-,14-13-. The Morgan fingerprint density at radius 2 is 1.46 bits per heavy atom. The SMILES string of the molecule is CCCCC/C=C\C/C=C\C/C=C\CCCCC(=O)OCC(O)COC. The zero-order valence-electron chi connectivity index (χ0n) is 16.7. The normalized spacial score (nSPS) is 13.2. The highest BCUT2D eigenvalue weighted by Crippen LogP contribution is 2.04. The lowest BCUT2D eigenvalue weighted by atomic mass is 10.1. The highest BCUT2D eigenvalue weighted by molar-refractivity contribution is 5.69. The first-order valence-electron chi connectivity index (χ1n) is 9.98. The molecule has 0 radical (unpaired) electrons. The summed E-state index contributed by atoms with van der Waals surface area (Å²) in [6.45, 7) is 2.42. The molecule has 0 aromatic carbocycles. The van der Waals surface area contributed by atoms with Crippen molar-refractivity contribution in [2.45, 2.75) is 77.2 Å². The van der Waals surface area contributed by atoms with Crippen LogP contribution in [-0.4, -0.2) is 37.5 Å². The minimum absolute atomic E-state index is 0.00679. The number of hydrogen-bond donors (Lipinski definition) is 1. The smallest absolute Gasteiger partial charge is 0.305 e. The molecule has 0 amide bonds. The molecule has 26 heavy (non-hydrogen) atoms. The van der Waals surface area contributed by atoms with Gasteiger partial charge in [0.15, 0.2) is 0 Å². The highest BCUT2D eigenvalue weighted by Gasteiger charge is 2.07. The van der Waals surface area contributed by atoms with Crippen LogP contribution in [0.1, 0.15) is 71.1 Å². The Hall–Kier alpha value is -1.39. The van der Waals surface area contributed by atoms with Crippen molar-refractivity contribution < 1.29 is 19.4 Å². The van der Waals surface area contributed by atoms with Crippen LogP contribution in [0.4, 0.5) is 0 Å². The molecular weight excluding hydrogens is 328 g/mol. The van der Waals surface area contributed by atoms with Gasteiger partial charge >= 0.3 is 5.97 Å². The Bertz CT molecular complexity index is 399. The van der Waals surface area contributed by atoms with E-state index in [0.717, 1.165) is 32.1 Å². The molecule has 0 saturated heterocycles. The van der Waals surface area contributed by atoms with Crippen LogP contribution in [0.5, 0.6) is 0 Å². The van der Waals surface area contributed by atoms with Crippen LogP contribution in [0.2, 0.25) is 0 Å². The maximum Gasteiger partial charge on any atom is 0.305 e. The van der Waals surface area contributed by atoms with Gasteiger partial charge in [-0.1, -0.05) is 56.2 Å². The average Bonchev–Trinajstić information content (AvgIpc) is 2.63. The summed E-state index contributed by atoms with van der Waals surface area (Å²) in [4.78, 5) is 11.5. The number of ether oxygens (including phenoxy) is 2. The number of carbonyl (C=O) groups excluding carboxylic acids is 1. The van der Waals surface area contributed by atoms with E-state index in [1.807, 2.05) is 0 Å². The fourth-order valence-electron chi connectivity index (χ4n) is 2.32. The van der Waals surface area contributed by atoms with Crippen molar-refractivity contribution in [1.82, 2.24) is 0 Å². The van der Waals surface area contributed by atoms with Crippen LogP contribution in [0, 0.1) is 0 Å². The van der Waals surface area contributed by atoms with Crippen LogP contribution in [0.25, 0.3) is 0 Å². The molecule has 1 N–H and O–H groups in total. The first kappa shape index (κ1) is 24.6. The highest BCUT2D eigenvalue weighted by atomic mass is 16.5. The number of hydrogen-bond acceptors (Lipinski definition) is 4. The number of carbonyl (C=O) groups is 1. The Morgan fingerprint density at radius 1 is 0.885 bits per heavy atom. The quantitative estimate of drug-likeness (QED) is 0.220. The van der Waals surface area contributed by atoms with E-state index < -0.39 is 6.10 Å². The maximum atomic E-state index is 11.5. The monoisotopic (exact) mass is 366 g/mol. The van der Waals surface area contributed by atoms with E-state index in [9.17, 15) is 9.90 Å². The van der Waals surface area contributed by atoms with Crippen molar-refractivity contribution in [3.63, 3.8) is 0 Å². The van der Waals surface area contributed by atoms with E-state index in [-0.39, 0.29) is 19.2 Å². The Morgan fingerprint density at radius 3 is 2.04 bits per heavy atom. The lowest BCUT2D eigenvalue weighted by molar-refractivity contribution is -0.147. The second-order valence-corrected chi connectivity index (χ2v) is 6.42. The Balaban J connectivity index is 3.45. The summed E-state index contributed by atoms with van der Waals surface area (Å²) >= 11 is 0. The molecule has 0 heterocycles. The molecule has 4 nitrogen and oxygen atoms in total. The predicted octanol–water partition coefficient (Wildman–Crippen LogP) is 5.13. The number of aliphatic hydroxyl groups is 1. The average molecular weight is 367 g/mol. The largest absolute Gasteiger partial charge is 0.463 e. The van der Waals surface area contributed by atoms with E-state index in [4.69, 9.17) is 9.47 Å². The van der Waals surface area contributed by atoms with Crippen molar-refractivity contribution in [1.29, 1.82) is 0 Å². The van der Waals surface area contributed by atoms with Gasteiger partial charge in [-0.3, -0.25) is 4.79 Å². The minimum atomic E-state index is -0.739. The van der Waals surface area contributed by atoms with Gasteiger partial charge in [-0.2, -0.15) is 0 Å². The van der Waals surface area contributed by atoms with Crippen LogP contribution in [0.15, 0.2) is 36.5 Å². The predicted molar refractivity (Wildman–Crippen MR) is 108 cm³/mol. The number of allylic oxidation sites excluding steroid dienone is 6. The van der Waals surface area contributed by atoms with Crippen molar-refractivity contribution in [3.8, 4) is 0 Å². The van der Waals surface area contributed by atoms with Gasteiger partial charge < -0.3 is 14.6 Å². The lowest BCUT2D eigenvalue weighted by Crippen LogP contribution is -2.22. The molecular formula is C22H38O4. The van der Waals surface area contributed by atoms with E-state index >= 15 is 0 Å². The van der Waals surface area contributed by atoms with Gasteiger partial charge in [0.2, 0.25) is 0 Å². The van der Waals surface area contributed by atoms with Gasteiger partial charge in [0, 0.05) is 13.5 Å². The summed E-state index contributed by atoms with van der Waals surface area (Å²) in [5, 5.41) is 9.38. The van der Waals surface area contributed by atoms with Crippen molar-refractivity contribution in [2.75, 3.05) is 20.3 Å². The molecule has 0 aliphatic heterocycles. The number of rotatable bonds is 17. The number of aliphatic hydroxyl groups excluding tert-OH is 1. The molecule has 1 atom stereocenters. The second kappa shape index (κ2) is 19.9. The molecule has 0 aromatic heterocycles. The van der Waals surface area contributed by atoms with Gasteiger partial charge in [-0.15, -0.1) is 0 Å². The summed E-state index contributed by atoms with van der Waals surface area (Å²) in [7, 11) is 1.50. The topological polar surface area (TPSA) is 55.8 Å². The molecule has 0 aromatic rings.